The zero-order valence-corrected chi connectivity index (χ0v) is 14.5. The van der Waals surface area contributed by atoms with E-state index in [2.05, 4.69) is 15.3 Å². The van der Waals surface area contributed by atoms with Gasteiger partial charge in [0.2, 0.25) is 0 Å². The van der Waals surface area contributed by atoms with E-state index in [1.807, 2.05) is 0 Å². The highest BCUT2D eigenvalue weighted by Crippen LogP contribution is 2.32. The first-order valence-electron chi connectivity index (χ1n) is 7.83. The van der Waals surface area contributed by atoms with Crippen LogP contribution in [-0.4, -0.2) is 30.1 Å². The average Bonchev–Trinajstić information content (AvgIpc) is 2.68. The first-order chi connectivity index (χ1) is 13.0. The minimum Gasteiger partial charge on any atom is -0.497 e. The molecule has 0 aliphatic heterocycles. The third-order valence-corrected chi connectivity index (χ3v) is 3.77. The maximum atomic E-state index is 13.7. The standard InChI is InChI=1S/C19H15F2N3O3/c1-26-11-6-7-16(27-2)12(8-11)15-9-23-17(10-22-15)24-19(25)18-13(20)4-3-5-14(18)21/h3-10H,1-2H3,(H,23,24,25). The van der Waals surface area contributed by atoms with E-state index >= 15 is 0 Å². The molecule has 0 bridgehead atoms. The van der Waals surface area contributed by atoms with E-state index in [4.69, 9.17) is 9.47 Å². The second kappa shape index (κ2) is 7.77. The van der Waals surface area contributed by atoms with Crippen molar-refractivity contribution < 1.29 is 23.0 Å². The number of nitrogens with one attached hydrogen (secondary N) is 1. The van der Waals surface area contributed by atoms with Crippen LogP contribution in [0.2, 0.25) is 0 Å². The van der Waals surface area contributed by atoms with Crippen molar-refractivity contribution in [1.82, 2.24) is 9.97 Å². The zero-order chi connectivity index (χ0) is 19.4. The van der Waals surface area contributed by atoms with E-state index in [-0.39, 0.29) is 5.82 Å². The fourth-order valence-corrected chi connectivity index (χ4v) is 2.44. The van der Waals surface area contributed by atoms with E-state index in [1.165, 1.54) is 32.7 Å². The number of aromatic nitrogens is 2. The predicted octanol–water partition coefficient (Wildman–Crippen LogP) is 3.69. The summed E-state index contributed by atoms with van der Waals surface area (Å²) in [5.74, 6) is -1.65. The number of rotatable bonds is 5. The van der Waals surface area contributed by atoms with E-state index in [0.717, 1.165) is 12.1 Å². The fourth-order valence-electron chi connectivity index (χ4n) is 2.44. The third kappa shape index (κ3) is 3.84. The summed E-state index contributed by atoms with van der Waals surface area (Å²) in [5, 5.41) is 2.32. The number of anilines is 1. The Hall–Kier alpha value is -3.55. The molecule has 8 heteroatoms. The van der Waals surface area contributed by atoms with Crippen molar-refractivity contribution in [3.05, 3.63) is 66.0 Å². The first kappa shape index (κ1) is 18.2. The molecule has 0 fully saturated rings. The van der Waals surface area contributed by atoms with Crippen LogP contribution in [0, 0.1) is 11.6 Å². The maximum Gasteiger partial charge on any atom is 0.262 e. The number of carbonyl (C=O) groups is 1. The Balaban J connectivity index is 1.85. The van der Waals surface area contributed by atoms with Crippen molar-refractivity contribution in [1.29, 1.82) is 0 Å². The molecular weight excluding hydrogens is 356 g/mol. The van der Waals surface area contributed by atoms with Crippen LogP contribution in [0.1, 0.15) is 10.4 Å². The lowest BCUT2D eigenvalue weighted by atomic mass is 10.1. The number of ether oxygens (including phenoxy) is 2. The van der Waals surface area contributed by atoms with Crippen molar-refractivity contribution in [2.45, 2.75) is 0 Å². The fraction of sp³-hybridized carbons (Fsp3) is 0.105. The summed E-state index contributed by atoms with van der Waals surface area (Å²) >= 11 is 0. The molecule has 138 valence electrons. The molecule has 27 heavy (non-hydrogen) atoms. The second-order valence-electron chi connectivity index (χ2n) is 5.40. The lowest BCUT2D eigenvalue weighted by Crippen LogP contribution is -2.16. The number of benzene rings is 2. The lowest BCUT2D eigenvalue weighted by molar-refractivity contribution is 0.101. The number of hydrogen-bond acceptors (Lipinski definition) is 5. The summed E-state index contributed by atoms with van der Waals surface area (Å²) in [6, 6.07) is 8.39. The minimum atomic E-state index is -0.960. The van der Waals surface area contributed by atoms with Crippen molar-refractivity contribution in [2.75, 3.05) is 19.5 Å². The number of hydrogen-bond donors (Lipinski definition) is 1. The van der Waals surface area contributed by atoms with Crippen LogP contribution in [-0.2, 0) is 0 Å². The molecule has 1 aromatic heterocycles. The van der Waals surface area contributed by atoms with Gasteiger partial charge < -0.3 is 14.8 Å². The summed E-state index contributed by atoms with van der Waals surface area (Å²) in [6.07, 6.45) is 2.69. The smallest absolute Gasteiger partial charge is 0.262 e. The van der Waals surface area contributed by atoms with Gasteiger partial charge in [0.05, 0.1) is 32.3 Å². The van der Waals surface area contributed by atoms with Gasteiger partial charge in [-0.2, -0.15) is 0 Å². The third-order valence-electron chi connectivity index (χ3n) is 3.77. The Labute approximate surface area is 153 Å². The van der Waals surface area contributed by atoms with Crippen LogP contribution in [0.5, 0.6) is 11.5 Å². The summed E-state index contributed by atoms with van der Waals surface area (Å²) in [6.45, 7) is 0. The van der Waals surface area contributed by atoms with Crippen LogP contribution < -0.4 is 14.8 Å². The number of carbonyl (C=O) groups excluding carboxylic acids is 1. The van der Waals surface area contributed by atoms with Gasteiger partial charge in [0.25, 0.3) is 5.91 Å². The van der Waals surface area contributed by atoms with Crippen LogP contribution in [0.15, 0.2) is 48.8 Å². The Bertz CT molecular complexity index is 958. The zero-order valence-electron chi connectivity index (χ0n) is 14.5. The molecule has 0 radical (unpaired) electrons. The van der Waals surface area contributed by atoms with Crippen molar-refractivity contribution in [3.8, 4) is 22.8 Å². The highest BCUT2D eigenvalue weighted by Gasteiger charge is 2.18. The lowest BCUT2D eigenvalue weighted by Gasteiger charge is -2.10. The summed E-state index contributed by atoms with van der Waals surface area (Å²) in [4.78, 5) is 20.4. The van der Waals surface area contributed by atoms with E-state index in [1.54, 1.807) is 18.2 Å². The molecule has 0 saturated heterocycles. The average molecular weight is 371 g/mol. The van der Waals surface area contributed by atoms with Crippen molar-refractivity contribution in [3.63, 3.8) is 0 Å². The molecule has 1 amide bonds. The topological polar surface area (TPSA) is 73.3 Å². The van der Waals surface area contributed by atoms with Gasteiger partial charge in [0.15, 0.2) is 5.82 Å². The molecule has 0 aliphatic rings. The predicted molar refractivity (Wildman–Crippen MR) is 94.9 cm³/mol. The van der Waals surface area contributed by atoms with Crippen molar-refractivity contribution in [2.24, 2.45) is 0 Å². The van der Waals surface area contributed by atoms with Gasteiger partial charge in [0, 0.05) is 5.56 Å². The van der Waals surface area contributed by atoms with E-state index in [9.17, 15) is 13.6 Å². The van der Waals surface area contributed by atoms with E-state index < -0.39 is 23.1 Å². The molecule has 3 rings (SSSR count). The van der Waals surface area contributed by atoms with Gasteiger partial charge in [-0.1, -0.05) is 6.07 Å². The van der Waals surface area contributed by atoms with Crippen LogP contribution in [0.4, 0.5) is 14.6 Å². The summed E-state index contributed by atoms with van der Waals surface area (Å²) in [5.41, 5.74) is 0.432. The molecule has 0 aliphatic carbocycles. The maximum absolute atomic E-state index is 13.7. The molecule has 3 aromatic rings. The van der Waals surface area contributed by atoms with Gasteiger partial charge in [0.1, 0.15) is 28.7 Å². The Morgan fingerprint density at radius 1 is 1.00 bits per heavy atom. The van der Waals surface area contributed by atoms with Crippen molar-refractivity contribution >= 4 is 11.7 Å². The Morgan fingerprint density at radius 3 is 2.33 bits per heavy atom. The normalized spacial score (nSPS) is 10.4. The molecule has 0 unspecified atom stereocenters. The molecule has 6 nitrogen and oxygen atoms in total. The minimum absolute atomic E-state index is 0.0493. The highest BCUT2D eigenvalue weighted by atomic mass is 19.1. The monoisotopic (exact) mass is 371 g/mol. The molecule has 0 atom stereocenters. The van der Waals surface area contributed by atoms with Gasteiger partial charge in [-0.15, -0.1) is 0 Å². The molecule has 0 spiro atoms. The number of halogens is 2. The molecule has 2 aromatic carbocycles. The number of amides is 1. The number of methoxy groups -OCH3 is 2. The van der Waals surface area contributed by atoms with Gasteiger partial charge in [-0.3, -0.25) is 9.78 Å². The second-order valence-corrected chi connectivity index (χ2v) is 5.40. The number of nitrogens with zero attached hydrogens (tertiary/aromatic N) is 2. The van der Waals surface area contributed by atoms with Crippen LogP contribution >= 0.6 is 0 Å². The molecule has 1 N–H and O–H groups in total. The first-order valence-corrected chi connectivity index (χ1v) is 7.83. The molecular formula is C19H15F2N3O3. The quantitative estimate of drug-likeness (QED) is 0.740. The summed E-state index contributed by atoms with van der Waals surface area (Å²) < 4.78 is 37.9. The van der Waals surface area contributed by atoms with Crippen LogP contribution in [0.25, 0.3) is 11.3 Å². The van der Waals surface area contributed by atoms with Gasteiger partial charge in [-0.05, 0) is 30.3 Å². The largest absolute Gasteiger partial charge is 0.497 e. The van der Waals surface area contributed by atoms with Crippen LogP contribution in [0.3, 0.4) is 0 Å². The SMILES string of the molecule is COc1ccc(OC)c(-c2cnc(NC(=O)c3c(F)cccc3F)cn2)c1. The van der Waals surface area contributed by atoms with E-state index in [0.29, 0.717) is 22.8 Å². The van der Waals surface area contributed by atoms with Gasteiger partial charge >= 0.3 is 0 Å². The molecule has 0 saturated carbocycles. The summed E-state index contributed by atoms with van der Waals surface area (Å²) in [7, 11) is 3.06. The Kier molecular flexibility index (Phi) is 5.25. The van der Waals surface area contributed by atoms with Gasteiger partial charge in [-0.25, -0.2) is 13.8 Å². The highest BCUT2D eigenvalue weighted by molar-refractivity contribution is 6.04. The Morgan fingerprint density at radius 2 is 1.74 bits per heavy atom. The molecule has 1 heterocycles.